The van der Waals surface area contributed by atoms with Gasteiger partial charge < -0.3 is 20.9 Å². The van der Waals surface area contributed by atoms with Crippen LogP contribution in [0.4, 0.5) is 11.4 Å². The molecule has 3 amide bonds. The zero-order valence-electron chi connectivity index (χ0n) is 23.7. The maximum Gasteiger partial charge on any atom is 0.292 e. The fourth-order valence-electron chi connectivity index (χ4n) is 5.49. The van der Waals surface area contributed by atoms with E-state index in [2.05, 4.69) is 16.0 Å². The first-order chi connectivity index (χ1) is 20.8. The van der Waals surface area contributed by atoms with Gasteiger partial charge in [-0.15, -0.1) is 0 Å². The van der Waals surface area contributed by atoms with Crippen molar-refractivity contribution < 1.29 is 19.3 Å². The van der Waals surface area contributed by atoms with Crippen LogP contribution in [0.3, 0.4) is 0 Å². The second-order valence-corrected chi connectivity index (χ2v) is 10.7. The molecule has 1 fully saturated rings. The van der Waals surface area contributed by atoms with E-state index in [1.54, 1.807) is 18.0 Å². The van der Waals surface area contributed by atoms with Crippen LogP contribution in [0.25, 0.3) is 10.8 Å². The number of fused-ring (bicyclic) bond motifs is 1. The van der Waals surface area contributed by atoms with Crippen molar-refractivity contribution in [3.05, 3.63) is 118 Å². The van der Waals surface area contributed by atoms with Crippen LogP contribution in [0.5, 0.6) is 0 Å². The number of carbonyl (C=O) groups excluding carboxylic acids is 3. The second kappa shape index (κ2) is 13.3. The standard InChI is InChI=1S/C33H33N5O5/c1-37(21-22-9-3-2-4-10-22)33(41)28(20-23-15-16-24-11-5-6-12-25(24)19-23)36-31(39)26-17-18-34-30(26)32(40)35-27-13-7-8-14-29(27)38(42)43/h2-16,19,26,28,30,34H,17-18,20-21H2,1H3,(H,35,40)(H,36,39)/t26-,28+,30?/m1/s1. The SMILES string of the molecule is CN(Cc1ccccc1)C(=O)[C@H](Cc1ccc2ccccc2c1)NC(=O)[C@@H]1CCNC1C(=O)Nc1ccccc1[N+](=O)[O-]. The molecule has 220 valence electrons. The molecule has 0 aromatic heterocycles. The van der Waals surface area contributed by atoms with Crippen molar-refractivity contribution in [3.63, 3.8) is 0 Å². The lowest BCUT2D eigenvalue weighted by molar-refractivity contribution is -0.383. The second-order valence-electron chi connectivity index (χ2n) is 10.7. The fourth-order valence-corrected chi connectivity index (χ4v) is 5.49. The average molecular weight is 580 g/mol. The molecule has 3 N–H and O–H groups in total. The Labute approximate surface area is 249 Å². The lowest BCUT2D eigenvalue weighted by atomic mass is 9.96. The molecule has 0 spiro atoms. The monoisotopic (exact) mass is 579 g/mol. The van der Waals surface area contributed by atoms with Gasteiger partial charge in [-0.2, -0.15) is 0 Å². The molecular weight excluding hydrogens is 546 g/mol. The van der Waals surface area contributed by atoms with Crippen molar-refractivity contribution in [1.82, 2.24) is 15.5 Å². The van der Waals surface area contributed by atoms with Crippen LogP contribution in [0.15, 0.2) is 97.1 Å². The Morgan fingerprint density at radius 3 is 2.37 bits per heavy atom. The summed E-state index contributed by atoms with van der Waals surface area (Å²) in [4.78, 5) is 53.1. The topological polar surface area (TPSA) is 134 Å². The van der Waals surface area contributed by atoms with Crippen LogP contribution >= 0.6 is 0 Å². The van der Waals surface area contributed by atoms with Crippen LogP contribution in [0, 0.1) is 16.0 Å². The third-order valence-corrected chi connectivity index (χ3v) is 7.71. The Morgan fingerprint density at radius 1 is 0.907 bits per heavy atom. The van der Waals surface area contributed by atoms with Gasteiger partial charge in [-0.25, -0.2) is 0 Å². The number of nitrogens with one attached hydrogen (secondary N) is 3. The van der Waals surface area contributed by atoms with Crippen LogP contribution in [0.2, 0.25) is 0 Å². The summed E-state index contributed by atoms with van der Waals surface area (Å²) in [5.41, 5.74) is 1.66. The largest absolute Gasteiger partial charge is 0.344 e. The van der Waals surface area contributed by atoms with Crippen LogP contribution < -0.4 is 16.0 Å². The van der Waals surface area contributed by atoms with Gasteiger partial charge >= 0.3 is 0 Å². The lowest BCUT2D eigenvalue weighted by Gasteiger charge is -2.27. The molecule has 0 saturated carbocycles. The fraction of sp³-hybridized carbons (Fsp3) is 0.242. The third kappa shape index (κ3) is 7.04. The van der Waals surface area contributed by atoms with E-state index >= 15 is 0 Å². The molecule has 0 aliphatic carbocycles. The smallest absolute Gasteiger partial charge is 0.292 e. The van der Waals surface area contributed by atoms with Gasteiger partial charge in [0.1, 0.15) is 11.7 Å². The van der Waals surface area contributed by atoms with E-state index in [0.29, 0.717) is 19.5 Å². The minimum absolute atomic E-state index is 0.0530. The number of nitro benzene ring substituents is 1. The number of hydrogen-bond donors (Lipinski definition) is 3. The highest BCUT2D eigenvalue weighted by Crippen LogP contribution is 2.25. The number of carbonyl (C=O) groups is 3. The van der Waals surface area contributed by atoms with Crippen LogP contribution in [-0.4, -0.2) is 53.2 Å². The number of nitro groups is 1. The predicted molar refractivity (Wildman–Crippen MR) is 164 cm³/mol. The predicted octanol–water partition coefficient (Wildman–Crippen LogP) is 4.05. The van der Waals surface area contributed by atoms with Gasteiger partial charge in [0.15, 0.2) is 0 Å². The Bertz CT molecular complexity index is 1640. The van der Waals surface area contributed by atoms with Gasteiger partial charge in [0.05, 0.1) is 16.9 Å². The number of benzene rings is 4. The van der Waals surface area contributed by atoms with Crippen molar-refractivity contribution in [2.45, 2.75) is 31.5 Å². The van der Waals surface area contributed by atoms with Gasteiger partial charge in [-0.05, 0) is 40.9 Å². The van der Waals surface area contributed by atoms with E-state index in [-0.39, 0.29) is 23.7 Å². The number of likely N-dealkylation sites (N-methyl/N-ethyl adjacent to an activating group) is 1. The van der Waals surface area contributed by atoms with E-state index in [4.69, 9.17) is 0 Å². The van der Waals surface area contributed by atoms with E-state index in [0.717, 1.165) is 21.9 Å². The van der Waals surface area contributed by atoms with Crippen molar-refractivity contribution in [1.29, 1.82) is 0 Å². The summed E-state index contributed by atoms with van der Waals surface area (Å²) < 4.78 is 0. The first-order valence-electron chi connectivity index (χ1n) is 14.1. The summed E-state index contributed by atoms with van der Waals surface area (Å²) in [5, 5.41) is 22.1. The Hall–Kier alpha value is -5.09. The lowest BCUT2D eigenvalue weighted by Crippen LogP contribution is -2.52. The molecule has 4 aromatic rings. The van der Waals surface area contributed by atoms with Gasteiger partial charge in [-0.1, -0.05) is 84.9 Å². The molecule has 1 aliphatic heterocycles. The molecule has 1 unspecified atom stereocenters. The summed E-state index contributed by atoms with van der Waals surface area (Å²) in [7, 11) is 1.70. The zero-order chi connectivity index (χ0) is 30.3. The average Bonchev–Trinajstić information content (AvgIpc) is 3.52. The molecule has 3 atom stereocenters. The summed E-state index contributed by atoms with van der Waals surface area (Å²) in [6.07, 6.45) is 0.638. The molecular formula is C33H33N5O5. The molecule has 4 aromatic carbocycles. The molecule has 43 heavy (non-hydrogen) atoms. The summed E-state index contributed by atoms with van der Waals surface area (Å²) in [5.74, 6) is -2.00. The van der Waals surface area contributed by atoms with Crippen LogP contribution in [-0.2, 0) is 27.3 Å². The number of amides is 3. The first kappa shape index (κ1) is 29.4. The van der Waals surface area contributed by atoms with E-state index in [1.165, 1.54) is 18.2 Å². The minimum atomic E-state index is -0.918. The molecule has 1 heterocycles. The Balaban J connectivity index is 1.35. The maximum atomic E-state index is 13.8. The number of hydrogen-bond acceptors (Lipinski definition) is 6. The van der Waals surface area contributed by atoms with Gasteiger partial charge in [0, 0.05) is 26.1 Å². The molecule has 5 rings (SSSR count). The highest BCUT2D eigenvalue weighted by Gasteiger charge is 2.39. The van der Waals surface area contributed by atoms with E-state index < -0.39 is 34.7 Å². The third-order valence-electron chi connectivity index (χ3n) is 7.71. The molecule has 0 bridgehead atoms. The van der Waals surface area contributed by atoms with Crippen molar-refractivity contribution >= 4 is 39.9 Å². The van der Waals surface area contributed by atoms with E-state index in [1.807, 2.05) is 72.8 Å². The molecule has 10 nitrogen and oxygen atoms in total. The van der Waals surface area contributed by atoms with Crippen molar-refractivity contribution in [2.75, 3.05) is 18.9 Å². The highest BCUT2D eigenvalue weighted by atomic mass is 16.6. The molecule has 1 aliphatic rings. The number of nitrogens with zero attached hydrogens (tertiary/aromatic N) is 2. The zero-order valence-corrected chi connectivity index (χ0v) is 23.7. The maximum absolute atomic E-state index is 13.8. The highest BCUT2D eigenvalue weighted by molar-refractivity contribution is 6.01. The van der Waals surface area contributed by atoms with Crippen molar-refractivity contribution in [2.24, 2.45) is 5.92 Å². The van der Waals surface area contributed by atoms with E-state index in [9.17, 15) is 24.5 Å². The van der Waals surface area contributed by atoms with Gasteiger partial charge in [0.25, 0.3) is 5.69 Å². The van der Waals surface area contributed by atoms with Crippen molar-refractivity contribution in [3.8, 4) is 0 Å². The summed E-state index contributed by atoms with van der Waals surface area (Å²) in [6, 6.07) is 27.5. The molecule has 10 heteroatoms. The van der Waals surface area contributed by atoms with Crippen LogP contribution in [0.1, 0.15) is 17.5 Å². The Morgan fingerprint density at radius 2 is 1.60 bits per heavy atom. The Kier molecular flexibility index (Phi) is 9.07. The van der Waals surface area contributed by atoms with Gasteiger partial charge in [0.2, 0.25) is 17.7 Å². The molecule has 0 radical (unpaired) electrons. The summed E-state index contributed by atoms with van der Waals surface area (Å²) in [6.45, 7) is 0.778. The normalized spacial score (nSPS) is 16.8. The number of anilines is 1. The number of para-hydroxylation sites is 2. The summed E-state index contributed by atoms with van der Waals surface area (Å²) >= 11 is 0. The quantitative estimate of drug-likeness (QED) is 0.192. The van der Waals surface area contributed by atoms with Gasteiger partial charge in [-0.3, -0.25) is 24.5 Å². The first-order valence-corrected chi connectivity index (χ1v) is 14.1. The molecule has 1 saturated heterocycles. The number of rotatable bonds is 10. The minimum Gasteiger partial charge on any atom is -0.344 e.